The number of rotatable bonds is 0. The number of pyridine rings is 1. The van der Waals surface area contributed by atoms with Crippen LogP contribution in [-0.4, -0.2) is 18.6 Å². The van der Waals surface area contributed by atoms with E-state index in [1.54, 1.807) is 0 Å². The molecule has 92 valence electrons. The number of likely N-dealkylation sites (N-methyl/N-ethyl adjacent to an activating group) is 1. The zero-order valence-corrected chi connectivity index (χ0v) is 11.4. The van der Waals surface area contributed by atoms with E-state index in [4.69, 9.17) is 0 Å². The second-order valence-corrected chi connectivity index (χ2v) is 5.20. The zero-order chi connectivity index (χ0) is 12.9. The van der Waals surface area contributed by atoms with Gasteiger partial charge in [-0.3, -0.25) is 4.98 Å². The molecule has 0 fully saturated rings. The topological polar surface area (TPSA) is 16.1 Å². The van der Waals surface area contributed by atoms with Crippen LogP contribution in [0.3, 0.4) is 0 Å². The van der Waals surface area contributed by atoms with Crippen LogP contribution < -0.4 is 4.90 Å². The van der Waals surface area contributed by atoms with Gasteiger partial charge in [-0.1, -0.05) is 12.2 Å². The molecule has 0 spiro atoms. The Bertz CT molecular complexity index is 669. The van der Waals surface area contributed by atoms with E-state index in [2.05, 4.69) is 55.9 Å². The first-order valence-electron chi connectivity index (χ1n) is 6.37. The van der Waals surface area contributed by atoms with E-state index in [-0.39, 0.29) is 0 Å². The van der Waals surface area contributed by atoms with Gasteiger partial charge in [0.05, 0.1) is 5.52 Å². The molecule has 0 radical (unpaired) electrons. The Labute approximate surface area is 108 Å². The van der Waals surface area contributed by atoms with Crippen LogP contribution in [0.5, 0.6) is 0 Å². The van der Waals surface area contributed by atoms with Gasteiger partial charge in [-0.05, 0) is 43.5 Å². The van der Waals surface area contributed by atoms with Gasteiger partial charge in [-0.25, -0.2) is 0 Å². The largest absolute Gasteiger partial charge is 0.370 e. The number of hydrogen-bond acceptors (Lipinski definition) is 2. The highest BCUT2D eigenvalue weighted by atomic mass is 15.1. The molecule has 2 aromatic rings. The Hall–Kier alpha value is -1.83. The Morgan fingerprint density at radius 2 is 1.94 bits per heavy atom. The maximum Gasteiger partial charge on any atom is 0.0800 e. The number of hydrogen-bond donors (Lipinski definition) is 0. The molecule has 0 amide bonds. The summed E-state index contributed by atoms with van der Waals surface area (Å²) in [5.74, 6) is 0. The summed E-state index contributed by atoms with van der Waals surface area (Å²) >= 11 is 0. The third-order valence-corrected chi connectivity index (χ3v) is 3.94. The molecule has 0 saturated carbocycles. The average Bonchev–Trinajstić information content (AvgIpc) is 2.35. The van der Waals surface area contributed by atoms with Crippen LogP contribution in [0, 0.1) is 20.8 Å². The van der Waals surface area contributed by atoms with Crippen molar-refractivity contribution in [1.29, 1.82) is 0 Å². The monoisotopic (exact) mass is 238 g/mol. The van der Waals surface area contributed by atoms with Crippen LogP contribution in [0.2, 0.25) is 0 Å². The molecule has 0 saturated heterocycles. The zero-order valence-electron chi connectivity index (χ0n) is 11.4. The number of fused-ring (bicyclic) bond motifs is 3. The van der Waals surface area contributed by atoms with Crippen LogP contribution in [0.15, 0.2) is 18.3 Å². The smallest absolute Gasteiger partial charge is 0.0800 e. The van der Waals surface area contributed by atoms with E-state index in [9.17, 15) is 0 Å². The SMILES string of the molecule is Cc1cnc2c3c(cc(C)c2c1C)N(C)CC=C3. The molecule has 2 heteroatoms. The first-order chi connectivity index (χ1) is 8.59. The standard InChI is InChI=1S/C16H18N2/c1-10-8-14-13(6-5-7-18(14)4)16-15(10)12(3)11(2)9-17-16/h5-6,8-9H,7H2,1-4H3. The van der Waals surface area contributed by atoms with Gasteiger partial charge < -0.3 is 4.90 Å². The molecule has 0 bridgehead atoms. The van der Waals surface area contributed by atoms with E-state index >= 15 is 0 Å². The Balaban J connectivity index is 2.48. The summed E-state index contributed by atoms with van der Waals surface area (Å²) in [4.78, 5) is 6.95. The average molecular weight is 238 g/mol. The molecule has 1 aromatic carbocycles. The van der Waals surface area contributed by atoms with Gasteiger partial charge in [0.25, 0.3) is 0 Å². The summed E-state index contributed by atoms with van der Waals surface area (Å²) < 4.78 is 0. The lowest BCUT2D eigenvalue weighted by Crippen LogP contribution is -2.20. The van der Waals surface area contributed by atoms with Crippen molar-refractivity contribution < 1.29 is 0 Å². The van der Waals surface area contributed by atoms with Crippen LogP contribution in [0.25, 0.3) is 17.0 Å². The lowest BCUT2D eigenvalue weighted by molar-refractivity contribution is 1.02. The van der Waals surface area contributed by atoms with Crippen LogP contribution in [0.4, 0.5) is 5.69 Å². The highest BCUT2D eigenvalue weighted by Crippen LogP contribution is 2.35. The fraction of sp³-hybridized carbons (Fsp3) is 0.312. The van der Waals surface area contributed by atoms with Crippen LogP contribution in [-0.2, 0) is 0 Å². The second kappa shape index (κ2) is 3.84. The lowest BCUT2D eigenvalue weighted by atomic mass is 9.95. The van der Waals surface area contributed by atoms with Gasteiger partial charge in [-0.2, -0.15) is 0 Å². The third kappa shape index (κ3) is 1.45. The quantitative estimate of drug-likeness (QED) is 0.697. The fourth-order valence-corrected chi connectivity index (χ4v) is 2.77. The predicted octanol–water partition coefficient (Wildman–Crippen LogP) is 3.62. The maximum absolute atomic E-state index is 4.67. The third-order valence-electron chi connectivity index (χ3n) is 3.94. The van der Waals surface area contributed by atoms with Crippen LogP contribution in [0.1, 0.15) is 22.3 Å². The first-order valence-corrected chi connectivity index (χ1v) is 6.37. The summed E-state index contributed by atoms with van der Waals surface area (Å²) in [6.07, 6.45) is 6.40. The number of anilines is 1. The molecule has 1 aliphatic heterocycles. The van der Waals surface area contributed by atoms with Crippen molar-refractivity contribution >= 4 is 22.7 Å². The van der Waals surface area contributed by atoms with Crippen molar-refractivity contribution in [2.45, 2.75) is 20.8 Å². The minimum Gasteiger partial charge on any atom is -0.370 e. The molecular weight excluding hydrogens is 220 g/mol. The van der Waals surface area contributed by atoms with Crippen molar-refractivity contribution in [2.24, 2.45) is 0 Å². The van der Waals surface area contributed by atoms with Crippen molar-refractivity contribution in [3.8, 4) is 0 Å². The highest BCUT2D eigenvalue weighted by molar-refractivity contribution is 5.98. The molecule has 1 aromatic heterocycles. The van der Waals surface area contributed by atoms with E-state index in [0.717, 1.165) is 12.1 Å². The minimum atomic E-state index is 0.975. The second-order valence-electron chi connectivity index (χ2n) is 5.20. The van der Waals surface area contributed by atoms with Crippen molar-refractivity contribution in [3.63, 3.8) is 0 Å². The molecule has 2 heterocycles. The molecule has 0 atom stereocenters. The van der Waals surface area contributed by atoms with Gasteiger partial charge in [-0.15, -0.1) is 0 Å². The summed E-state index contributed by atoms with van der Waals surface area (Å²) in [7, 11) is 2.13. The van der Waals surface area contributed by atoms with Gasteiger partial charge in [0.1, 0.15) is 0 Å². The van der Waals surface area contributed by atoms with Crippen molar-refractivity contribution in [1.82, 2.24) is 4.98 Å². The number of aromatic nitrogens is 1. The predicted molar refractivity (Wildman–Crippen MR) is 78.3 cm³/mol. The van der Waals surface area contributed by atoms with Crippen molar-refractivity contribution in [2.75, 3.05) is 18.5 Å². The normalized spacial score (nSPS) is 14.1. The van der Waals surface area contributed by atoms with E-state index < -0.39 is 0 Å². The Morgan fingerprint density at radius 1 is 1.17 bits per heavy atom. The molecule has 2 nitrogen and oxygen atoms in total. The maximum atomic E-state index is 4.67. The number of nitrogens with zero attached hydrogens (tertiary/aromatic N) is 2. The Kier molecular flexibility index (Phi) is 2.40. The van der Waals surface area contributed by atoms with Gasteiger partial charge in [0, 0.05) is 36.4 Å². The van der Waals surface area contributed by atoms with E-state index in [1.807, 2.05) is 6.20 Å². The molecule has 18 heavy (non-hydrogen) atoms. The first kappa shape index (κ1) is 11.3. The minimum absolute atomic E-state index is 0.975. The fourth-order valence-electron chi connectivity index (χ4n) is 2.77. The summed E-state index contributed by atoms with van der Waals surface area (Å²) in [6.45, 7) is 7.48. The van der Waals surface area contributed by atoms with Crippen molar-refractivity contribution in [3.05, 3.63) is 40.6 Å². The van der Waals surface area contributed by atoms with E-state index in [0.29, 0.717) is 0 Å². The summed E-state index contributed by atoms with van der Waals surface area (Å²) in [5.41, 5.74) is 7.61. The lowest BCUT2D eigenvalue weighted by Gasteiger charge is -2.25. The van der Waals surface area contributed by atoms with E-state index in [1.165, 1.54) is 33.3 Å². The van der Waals surface area contributed by atoms with Gasteiger partial charge >= 0.3 is 0 Å². The molecular formula is C16H18N2. The molecule has 0 unspecified atom stereocenters. The highest BCUT2D eigenvalue weighted by Gasteiger charge is 2.16. The summed E-state index contributed by atoms with van der Waals surface area (Å²) in [5, 5.41) is 1.31. The Morgan fingerprint density at radius 3 is 2.72 bits per heavy atom. The molecule has 0 N–H and O–H groups in total. The number of aryl methyl sites for hydroxylation is 3. The summed E-state index contributed by atoms with van der Waals surface area (Å²) in [6, 6.07) is 2.29. The van der Waals surface area contributed by atoms with Gasteiger partial charge in [0.15, 0.2) is 0 Å². The van der Waals surface area contributed by atoms with Crippen LogP contribution >= 0.6 is 0 Å². The molecule has 0 aliphatic carbocycles. The van der Waals surface area contributed by atoms with Gasteiger partial charge in [0.2, 0.25) is 0 Å². The number of benzene rings is 1. The molecule has 1 aliphatic rings. The molecule has 3 rings (SSSR count).